The third-order valence-corrected chi connectivity index (χ3v) is 7.08. The van der Waals surface area contributed by atoms with Gasteiger partial charge in [0.25, 0.3) is 11.8 Å². The van der Waals surface area contributed by atoms with E-state index in [9.17, 15) is 9.59 Å². The Kier molecular flexibility index (Phi) is 9.36. The summed E-state index contributed by atoms with van der Waals surface area (Å²) in [6.07, 6.45) is 4.58. The fraction of sp³-hybridized carbons (Fsp3) is 0.375. The Labute approximate surface area is 221 Å². The summed E-state index contributed by atoms with van der Waals surface area (Å²) in [5.41, 5.74) is 3.50. The maximum atomic E-state index is 13.9. The van der Waals surface area contributed by atoms with E-state index in [4.69, 9.17) is 4.74 Å². The first kappa shape index (κ1) is 26.5. The van der Waals surface area contributed by atoms with Crippen molar-refractivity contribution in [3.8, 4) is 5.75 Å². The number of benzene rings is 3. The second-order valence-corrected chi connectivity index (χ2v) is 9.82. The second kappa shape index (κ2) is 13.1. The Morgan fingerprint density at radius 2 is 1.62 bits per heavy atom. The lowest BCUT2D eigenvalue weighted by atomic mass is 10.0. The minimum atomic E-state index is -0.177. The molecular formula is C32H38N2O3. The molecule has 3 aromatic rings. The van der Waals surface area contributed by atoms with E-state index >= 15 is 0 Å². The molecule has 0 radical (unpaired) electrons. The maximum Gasteiger partial charge on any atom is 0.257 e. The number of fused-ring (bicyclic) bond motifs is 1. The van der Waals surface area contributed by atoms with Gasteiger partial charge in [0, 0.05) is 25.2 Å². The largest absolute Gasteiger partial charge is 0.491 e. The van der Waals surface area contributed by atoms with E-state index in [-0.39, 0.29) is 17.9 Å². The first-order chi connectivity index (χ1) is 18.1. The van der Waals surface area contributed by atoms with Gasteiger partial charge in [-0.05, 0) is 62.9 Å². The van der Waals surface area contributed by atoms with Crippen molar-refractivity contribution in [2.24, 2.45) is 0 Å². The van der Waals surface area contributed by atoms with Crippen LogP contribution >= 0.6 is 0 Å². The lowest BCUT2D eigenvalue weighted by Crippen LogP contribution is -2.46. The number of carbonyl (C=O) groups is 2. The average molecular weight is 499 g/mol. The molecule has 0 unspecified atom stereocenters. The van der Waals surface area contributed by atoms with Gasteiger partial charge in [-0.1, -0.05) is 73.0 Å². The Hall–Kier alpha value is -3.60. The molecule has 0 aliphatic carbocycles. The standard InChI is InChI=1S/C32H38N2O3/c1-3-33-20-11-4-5-12-21-34(31(35)27-17-13-14-25(2)22-27)28(23-26-15-7-6-8-16-26)24-37-30-19-10-9-18-29(30)32(33)36/h6-10,13-19,22,28H,3-5,11-12,20-21,23-24H2,1-2H3/t28-/m0/s1. The molecule has 3 aromatic carbocycles. The van der Waals surface area contributed by atoms with Crippen LogP contribution < -0.4 is 4.74 Å². The molecule has 0 spiro atoms. The van der Waals surface area contributed by atoms with Gasteiger partial charge in [-0.25, -0.2) is 0 Å². The summed E-state index contributed by atoms with van der Waals surface area (Å²) in [5.74, 6) is 0.605. The highest BCUT2D eigenvalue weighted by Crippen LogP contribution is 2.23. The minimum Gasteiger partial charge on any atom is -0.491 e. The van der Waals surface area contributed by atoms with Gasteiger partial charge in [0.15, 0.2) is 0 Å². The number of rotatable bonds is 4. The molecular weight excluding hydrogens is 460 g/mol. The summed E-state index contributed by atoms with van der Waals surface area (Å²) in [4.78, 5) is 31.2. The van der Waals surface area contributed by atoms with Crippen LogP contribution in [-0.2, 0) is 6.42 Å². The SMILES string of the molecule is CCN1CCCCCCN(C(=O)c2cccc(C)c2)[C@@H](Cc2ccccc2)COc2ccccc2C1=O. The number of nitrogens with zero attached hydrogens (tertiary/aromatic N) is 2. The highest BCUT2D eigenvalue weighted by Gasteiger charge is 2.27. The fourth-order valence-electron chi connectivity index (χ4n) is 5.01. The molecule has 0 saturated heterocycles. The Bertz CT molecular complexity index is 1180. The molecule has 2 amide bonds. The molecule has 0 N–H and O–H groups in total. The van der Waals surface area contributed by atoms with Crippen molar-refractivity contribution in [1.29, 1.82) is 0 Å². The molecule has 5 nitrogen and oxygen atoms in total. The highest BCUT2D eigenvalue weighted by molar-refractivity contribution is 5.97. The van der Waals surface area contributed by atoms with Crippen molar-refractivity contribution < 1.29 is 14.3 Å². The lowest BCUT2D eigenvalue weighted by molar-refractivity contribution is 0.0597. The summed E-state index contributed by atoms with van der Waals surface area (Å²) < 4.78 is 6.38. The summed E-state index contributed by atoms with van der Waals surface area (Å²) in [5, 5.41) is 0. The summed E-state index contributed by atoms with van der Waals surface area (Å²) >= 11 is 0. The molecule has 1 atom stereocenters. The maximum absolute atomic E-state index is 13.9. The van der Waals surface area contributed by atoms with Crippen molar-refractivity contribution in [2.45, 2.75) is 52.0 Å². The third-order valence-electron chi connectivity index (χ3n) is 7.08. The van der Waals surface area contributed by atoms with Crippen molar-refractivity contribution >= 4 is 11.8 Å². The molecule has 5 heteroatoms. The summed E-state index contributed by atoms with van der Waals surface area (Å²) in [6, 6.07) is 25.4. The van der Waals surface area contributed by atoms with E-state index in [0.717, 1.165) is 43.4 Å². The second-order valence-electron chi connectivity index (χ2n) is 9.82. The van der Waals surface area contributed by atoms with E-state index in [1.165, 1.54) is 0 Å². The number of aryl methyl sites for hydroxylation is 1. The third kappa shape index (κ3) is 7.00. The molecule has 0 bridgehead atoms. The van der Waals surface area contributed by atoms with Gasteiger partial charge in [0.05, 0.1) is 11.6 Å². The quantitative estimate of drug-likeness (QED) is 0.433. The molecule has 0 saturated carbocycles. The van der Waals surface area contributed by atoms with Crippen LogP contribution in [0.4, 0.5) is 0 Å². The number of amides is 2. The van der Waals surface area contributed by atoms with Crippen LogP contribution in [0.2, 0.25) is 0 Å². The van der Waals surface area contributed by atoms with Crippen molar-refractivity contribution in [2.75, 3.05) is 26.2 Å². The van der Waals surface area contributed by atoms with Gasteiger partial charge in [-0.3, -0.25) is 9.59 Å². The summed E-state index contributed by atoms with van der Waals surface area (Å²) in [7, 11) is 0. The van der Waals surface area contributed by atoms with E-state index in [1.54, 1.807) is 0 Å². The predicted molar refractivity (Wildman–Crippen MR) is 148 cm³/mol. The number of hydrogen-bond donors (Lipinski definition) is 0. The van der Waals surface area contributed by atoms with Gasteiger partial charge < -0.3 is 14.5 Å². The van der Waals surface area contributed by atoms with E-state index in [2.05, 4.69) is 12.1 Å². The summed E-state index contributed by atoms with van der Waals surface area (Å²) in [6.45, 7) is 6.41. The van der Waals surface area contributed by atoms with Crippen molar-refractivity contribution in [3.63, 3.8) is 0 Å². The molecule has 1 heterocycles. The predicted octanol–water partition coefficient (Wildman–Crippen LogP) is 6.16. The van der Waals surface area contributed by atoms with Crippen LogP contribution in [-0.4, -0.2) is 53.9 Å². The Balaban J connectivity index is 1.69. The topological polar surface area (TPSA) is 49.9 Å². The van der Waals surface area contributed by atoms with Crippen LogP contribution in [0.3, 0.4) is 0 Å². The molecule has 0 fully saturated rings. The van der Waals surface area contributed by atoms with Gasteiger partial charge in [-0.15, -0.1) is 0 Å². The van der Waals surface area contributed by atoms with Crippen molar-refractivity contribution in [3.05, 3.63) is 101 Å². The van der Waals surface area contributed by atoms with Crippen molar-refractivity contribution in [1.82, 2.24) is 9.80 Å². The van der Waals surface area contributed by atoms with E-state index in [0.29, 0.717) is 43.0 Å². The molecule has 1 aliphatic heterocycles. The zero-order valence-electron chi connectivity index (χ0n) is 22.1. The highest BCUT2D eigenvalue weighted by atomic mass is 16.5. The molecule has 4 rings (SSSR count). The number of carbonyl (C=O) groups excluding carboxylic acids is 2. The fourth-order valence-corrected chi connectivity index (χ4v) is 5.01. The molecule has 1 aliphatic rings. The van der Waals surface area contributed by atoms with Gasteiger partial charge in [0.1, 0.15) is 12.4 Å². The van der Waals surface area contributed by atoms with E-state index in [1.807, 2.05) is 90.4 Å². The minimum absolute atomic E-state index is 0.00228. The number of hydrogen-bond acceptors (Lipinski definition) is 3. The van der Waals surface area contributed by atoms with Crippen LogP contribution in [0.5, 0.6) is 5.75 Å². The first-order valence-corrected chi connectivity index (χ1v) is 13.5. The van der Waals surface area contributed by atoms with Crippen LogP contribution in [0.25, 0.3) is 0 Å². The normalized spacial score (nSPS) is 17.5. The lowest BCUT2D eigenvalue weighted by Gasteiger charge is -2.33. The number of ether oxygens (including phenoxy) is 1. The molecule has 194 valence electrons. The van der Waals surface area contributed by atoms with Crippen LogP contribution in [0.15, 0.2) is 78.9 Å². The Morgan fingerprint density at radius 1 is 0.892 bits per heavy atom. The average Bonchev–Trinajstić information content (AvgIpc) is 2.92. The zero-order chi connectivity index (χ0) is 26.0. The van der Waals surface area contributed by atoms with Crippen LogP contribution in [0, 0.1) is 6.92 Å². The van der Waals surface area contributed by atoms with Gasteiger partial charge >= 0.3 is 0 Å². The monoisotopic (exact) mass is 498 g/mol. The van der Waals surface area contributed by atoms with Crippen LogP contribution in [0.1, 0.15) is 64.4 Å². The smallest absolute Gasteiger partial charge is 0.257 e. The Morgan fingerprint density at radius 3 is 2.38 bits per heavy atom. The number of para-hydroxylation sites is 1. The van der Waals surface area contributed by atoms with Gasteiger partial charge in [-0.2, -0.15) is 0 Å². The zero-order valence-corrected chi connectivity index (χ0v) is 22.1. The van der Waals surface area contributed by atoms with Gasteiger partial charge in [0.2, 0.25) is 0 Å². The van der Waals surface area contributed by atoms with E-state index < -0.39 is 0 Å². The molecule has 0 aromatic heterocycles. The first-order valence-electron chi connectivity index (χ1n) is 13.5. The molecule has 37 heavy (non-hydrogen) atoms.